The van der Waals surface area contributed by atoms with Gasteiger partial charge in [0.1, 0.15) is 28.1 Å². The Balaban J connectivity index is 1.68. The fourth-order valence-electron chi connectivity index (χ4n) is 2.48. The fraction of sp³-hybridized carbons (Fsp3) is 0.150. The average Bonchev–Trinajstić information content (AvgIpc) is 3.04. The Morgan fingerprint density at radius 2 is 1.90 bits per heavy atom. The van der Waals surface area contributed by atoms with E-state index in [1.165, 1.54) is 36.5 Å². The van der Waals surface area contributed by atoms with Gasteiger partial charge in [-0.15, -0.1) is 11.3 Å². The molecule has 0 spiro atoms. The van der Waals surface area contributed by atoms with E-state index in [1.54, 1.807) is 31.2 Å². The van der Waals surface area contributed by atoms with Crippen molar-refractivity contribution in [3.05, 3.63) is 68.9 Å². The molecule has 0 fully saturated rings. The monoisotopic (exact) mass is 433 g/mol. The van der Waals surface area contributed by atoms with Gasteiger partial charge in [-0.05, 0) is 49.4 Å². The maximum absolute atomic E-state index is 13.7. The van der Waals surface area contributed by atoms with Gasteiger partial charge in [0.25, 0.3) is 5.91 Å². The molecule has 0 aliphatic carbocycles. The van der Waals surface area contributed by atoms with Crippen LogP contribution in [0.4, 0.5) is 15.8 Å². The third-order valence-corrected chi connectivity index (χ3v) is 5.14. The van der Waals surface area contributed by atoms with Crippen molar-refractivity contribution in [3.8, 4) is 5.75 Å². The highest BCUT2D eigenvalue weighted by atomic mass is 35.5. The third kappa shape index (κ3) is 5.52. The molecule has 0 saturated heterocycles. The molecule has 1 heterocycles. The summed E-state index contributed by atoms with van der Waals surface area (Å²) in [4.78, 5) is 28.5. The molecule has 0 aliphatic rings. The highest BCUT2D eigenvalue weighted by Gasteiger charge is 2.17. The van der Waals surface area contributed by atoms with Gasteiger partial charge in [0, 0.05) is 17.6 Å². The summed E-state index contributed by atoms with van der Waals surface area (Å²) in [5.41, 5.74) is 0.909. The summed E-state index contributed by atoms with van der Waals surface area (Å²) in [6, 6.07) is 10.9. The summed E-state index contributed by atoms with van der Waals surface area (Å²) < 4.78 is 19.4. The van der Waals surface area contributed by atoms with Crippen molar-refractivity contribution in [3.63, 3.8) is 0 Å². The summed E-state index contributed by atoms with van der Waals surface area (Å²) in [7, 11) is 0. The van der Waals surface area contributed by atoms with Gasteiger partial charge in [0.15, 0.2) is 0 Å². The Morgan fingerprint density at radius 3 is 2.59 bits per heavy atom. The summed E-state index contributed by atoms with van der Waals surface area (Å²) in [6.45, 7) is 3.22. The lowest BCUT2D eigenvalue weighted by Gasteiger charge is -2.08. The number of thiazole rings is 1. The SMILES string of the molecule is CC(=O)Nc1cc(NC(=O)c2sc(COc3ccc(Cl)cc3)nc2C)ccc1F. The lowest BCUT2D eigenvalue weighted by molar-refractivity contribution is -0.114. The van der Waals surface area contributed by atoms with E-state index < -0.39 is 11.7 Å². The zero-order chi connectivity index (χ0) is 21.0. The van der Waals surface area contributed by atoms with Crippen molar-refractivity contribution in [2.24, 2.45) is 0 Å². The molecule has 2 amide bonds. The van der Waals surface area contributed by atoms with Crippen LogP contribution in [-0.2, 0) is 11.4 Å². The molecule has 0 atom stereocenters. The number of carbonyl (C=O) groups excluding carboxylic acids is 2. The van der Waals surface area contributed by atoms with Crippen LogP contribution in [0.1, 0.15) is 27.3 Å². The molecular formula is C20H17ClFN3O3S. The molecule has 2 N–H and O–H groups in total. The number of nitrogens with zero attached hydrogens (tertiary/aromatic N) is 1. The van der Waals surface area contributed by atoms with E-state index in [0.29, 0.717) is 32.0 Å². The average molecular weight is 434 g/mol. The van der Waals surface area contributed by atoms with E-state index in [4.69, 9.17) is 16.3 Å². The number of aromatic nitrogens is 1. The van der Waals surface area contributed by atoms with Crippen LogP contribution < -0.4 is 15.4 Å². The molecule has 29 heavy (non-hydrogen) atoms. The van der Waals surface area contributed by atoms with Gasteiger partial charge in [0.2, 0.25) is 5.91 Å². The Bertz CT molecular complexity index is 1050. The van der Waals surface area contributed by atoms with Gasteiger partial charge in [0.05, 0.1) is 11.4 Å². The van der Waals surface area contributed by atoms with Crippen LogP contribution in [0.5, 0.6) is 5.75 Å². The predicted molar refractivity (Wildman–Crippen MR) is 111 cm³/mol. The summed E-state index contributed by atoms with van der Waals surface area (Å²) in [5.74, 6) is -0.729. The number of nitrogens with one attached hydrogen (secondary N) is 2. The number of ether oxygens (including phenoxy) is 1. The lowest BCUT2D eigenvalue weighted by Crippen LogP contribution is -2.13. The molecule has 150 valence electrons. The van der Waals surface area contributed by atoms with Crippen molar-refractivity contribution in [2.45, 2.75) is 20.5 Å². The summed E-state index contributed by atoms with van der Waals surface area (Å²) in [5, 5.41) is 6.32. The number of anilines is 2. The number of amides is 2. The van der Waals surface area contributed by atoms with E-state index in [1.807, 2.05) is 0 Å². The van der Waals surface area contributed by atoms with Crippen LogP contribution in [-0.4, -0.2) is 16.8 Å². The van der Waals surface area contributed by atoms with Crippen molar-refractivity contribution in [2.75, 3.05) is 10.6 Å². The quantitative estimate of drug-likeness (QED) is 0.571. The molecule has 0 bridgehead atoms. The van der Waals surface area contributed by atoms with Crippen LogP contribution in [0.2, 0.25) is 5.02 Å². The number of halogens is 2. The zero-order valence-electron chi connectivity index (χ0n) is 15.6. The van der Waals surface area contributed by atoms with E-state index in [9.17, 15) is 14.0 Å². The topological polar surface area (TPSA) is 80.3 Å². The first-order valence-electron chi connectivity index (χ1n) is 8.55. The van der Waals surface area contributed by atoms with E-state index in [-0.39, 0.29) is 18.2 Å². The predicted octanol–water partition coefficient (Wildman–Crippen LogP) is 5.03. The van der Waals surface area contributed by atoms with Gasteiger partial charge in [-0.3, -0.25) is 9.59 Å². The van der Waals surface area contributed by atoms with E-state index >= 15 is 0 Å². The molecular weight excluding hydrogens is 417 g/mol. The molecule has 9 heteroatoms. The van der Waals surface area contributed by atoms with Gasteiger partial charge in [-0.25, -0.2) is 9.37 Å². The van der Waals surface area contributed by atoms with Crippen molar-refractivity contribution in [1.29, 1.82) is 0 Å². The maximum atomic E-state index is 13.7. The second-order valence-electron chi connectivity index (χ2n) is 6.09. The minimum Gasteiger partial charge on any atom is -0.486 e. The van der Waals surface area contributed by atoms with Gasteiger partial charge in [-0.2, -0.15) is 0 Å². The molecule has 1 aromatic heterocycles. The van der Waals surface area contributed by atoms with Crippen LogP contribution in [0.3, 0.4) is 0 Å². The second-order valence-corrected chi connectivity index (χ2v) is 7.61. The van der Waals surface area contributed by atoms with Crippen molar-refractivity contribution >= 4 is 46.1 Å². The Labute approximate surface area is 175 Å². The molecule has 3 rings (SSSR count). The molecule has 0 unspecified atom stereocenters. The van der Waals surface area contributed by atoms with Crippen LogP contribution in [0.15, 0.2) is 42.5 Å². The number of hydrogen-bond donors (Lipinski definition) is 2. The highest BCUT2D eigenvalue weighted by Crippen LogP contribution is 2.24. The van der Waals surface area contributed by atoms with Gasteiger partial charge < -0.3 is 15.4 Å². The zero-order valence-corrected chi connectivity index (χ0v) is 17.2. The van der Waals surface area contributed by atoms with E-state index in [0.717, 1.165) is 0 Å². The van der Waals surface area contributed by atoms with Crippen LogP contribution >= 0.6 is 22.9 Å². The molecule has 3 aromatic rings. The van der Waals surface area contributed by atoms with E-state index in [2.05, 4.69) is 15.6 Å². The highest BCUT2D eigenvalue weighted by molar-refractivity contribution is 7.13. The molecule has 2 aromatic carbocycles. The first-order chi connectivity index (χ1) is 13.8. The Kier molecular flexibility index (Phi) is 6.46. The fourth-order valence-corrected chi connectivity index (χ4v) is 3.48. The smallest absolute Gasteiger partial charge is 0.267 e. The first-order valence-corrected chi connectivity index (χ1v) is 9.74. The molecule has 0 radical (unpaired) electrons. The van der Waals surface area contributed by atoms with Crippen LogP contribution in [0, 0.1) is 12.7 Å². The minimum absolute atomic E-state index is 0.00613. The number of aryl methyl sites for hydroxylation is 1. The van der Waals surface area contributed by atoms with Gasteiger partial charge >= 0.3 is 0 Å². The number of hydrogen-bond acceptors (Lipinski definition) is 5. The Morgan fingerprint density at radius 1 is 1.17 bits per heavy atom. The third-order valence-electron chi connectivity index (χ3n) is 3.76. The van der Waals surface area contributed by atoms with Crippen molar-refractivity contribution < 1.29 is 18.7 Å². The van der Waals surface area contributed by atoms with Gasteiger partial charge in [-0.1, -0.05) is 11.6 Å². The largest absolute Gasteiger partial charge is 0.486 e. The molecule has 0 saturated carbocycles. The normalized spacial score (nSPS) is 10.5. The minimum atomic E-state index is -0.589. The summed E-state index contributed by atoms with van der Waals surface area (Å²) >= 11 is 7.05. The number of rotatable bonds is 6. The number of benzene rings is 2. The standard InChI is InChI=1S/C20H17ClFN3O3S/c1-11-19(29-18(23-11)10-28-15-6-3-13(21)4-7-15)20(27)25-14-5-8-16(22)17(9-14)24-12(2)26/h3-9H,10H2,1-2H3,(H,24,26)(H,25,27). The second kappa shape index (κ2) is 9.02. The lowest BCUT2D eigenvalue weighted by atomic mass is 10.2. The van der Waals surface area contributed by atoms with Crippen LogP contribution in [0.25, 0.3) is 0 Å². The number of carbonyl (C=O) groups is 2. The molecule has 6 nitrogen and oxygen atoms in total. The first kappa shape index (κ1) is 20.8. The molecule has 0 aliphatic heterocycles. The maximum Gasteiger partial charge on any atom is 0.267 e. The Hall–Kier alpha value is -2.97. The van der Waals surface area contributed by atoms with Crippen molar-refractivity contribution in [1.82, 2.24) is 4.98 Å². The summed E-state index contributed by atoms with van der Waals surface area (Å²) in [6.07, 6.45) is 0.